The lowest BCUT2D eigenvalue weighted by Gasteiger charge is -2.08. The Bertz CT molecular complexity index is 1580. The Morgan fingerprint density at radius 2 is 1.68 bits per heavy atom. The van der Waals surface area contributed by atoms with E-state index in [0.29, 0.717) is 37.7 Å². The molecule has 0 atom stereocenters. The third kappa shape index (κ3) is 4.07. The van der Waals surface area contributed by atoms with E-state index in [1.807, 2.05) is 72.8 Å². The summed E-state index contributed by atoms with van der Waals surface area (Å²) < 4.78 is 0. The molecule has 1 amide bonds. The second kappa shape index (κ2) is 8.92. The van der Waals surface area contributed by atoms with Gasteiger partial charge in [0, 0.05) is 22.0 Å². The lowest BCUT2D eigenvalue weighted by molar-refractivity contribution is 0.102. The van der Waals surface area contributed by atoms with E-state index in [1.54, 1.807) is 19.1 Å². The first-order chi connectivity index (χ1) is 16.5. The van der Waals surface area contributed by atoms with E-state index in [9.17, 15) is 9.59 Å². The lowest BCUT2D eigenvalue weighted by atomic mass is 10.1. The fourth-order valence-electron chi connectivity index (χ4n) is 3.89. The zero-order valence-electron chi connectivity index (χ0n) is 18.4. The number of allylic oxidation sites excluding steroid dienone is 1. The number of amides is 1. The Morgan fingerprint density at radius 3 is 2.50 bits per heavy atom. The topological polar surface area (TPSA) is 85.1 Å². The number of aryl methyl sites for hydroxylation is 1. The SMILES string of the molecule is Cc1nc2sc(C(=O)Nc3cccc4ccccc34)c(N)c2cc1C(=O)/C=C/c1ccccc1. The van der Waals surface area contributed by atoms with Crippen LogP contribution < -0.4 is 11.1 Å². The third-order valence-electron chi connectivity index (χ3n) is 5.65. The molecule has 0 aliphatic heterocycles. The van der Waals surface area contributed by atoms with Crippen LogP contribution in [0, 0.1) is 6.92 Å². The molecule has 0 radical (unpaired) electrons. The first kappa shape index (κ1) is 21.6. The summed E-state index contributed by atoms with van der Waals surface area (Å²) in [5.41, 5.74) is 9.40. The summed E-state index contributed by atoms with van der Waals surface area (Å²) in [5.74, 6) is -0.463. The molecule has 5 rings (SSSR count). The fourth-order valence-corrected chi connectivity index (χ4v) is 4.90. The van der Waals surface area contributed by atoms with Crippen molar-refractivity contribution in [2.45, 2.75) is 6.92 Å². The molecule has 0 spiro atoms. The number of fused-ring (bicyclic) bond motifs is 2. The molecule has 2 heterocycles. The maximum absolute atomic E-state index is 13.1. The van der Waals surface area contributed by atoms with Crippen molar-refractivity contribution in [3.05, 3.63) is 107 Å². The summed E-state index contributed by atoms with van der Waals surface area (Å²) in [6.07, 6.45) is 3.30. The molecular formula is C28H21N3O2S. The Morgan fingerprint density at radius 1 is 0.941 bits per heavy atom. The highest BCUT2D eigenvalue weighted by Crippen LogP contribution is 2.35. The molecule has 3 aromatic carbocycles. The molecule has 0 bridgehead atoms. The van der Waals surface area contributed by atoms with Crippen molar-refractivity contribution in [1.82, 2.24) is 4.98 Å². The van der Waals surface area contributed by atoms with Gasteiger partial charge in [-0.1, -0.05) is 72.8 Å². The van der Waals surface area contributed by atoms with Crippen molar-refractivity contribution in [3.63, 3.8) is 0 Å². The minimum Gasteiger partial charge on any atom is -0.397 e. The van der Waals surface area contributed by atoms with E-state index in [4.69, 9.17) is 5.73 Å². The van der Waals surface area contributed by atoms with Gasteiger partial charge in [0.05, 0.1) is 11.4 Å². The van der Waals surface area contributed by atoms with E-state index in [2.05, 4.69) is 10.3 Å². The van der Waals surface area contributed by atoms with Crippen molar-refractivity contribution < 1.29 is 9.59 Å². The van der Waals surface area contributed by atoms with Crippen LogP contribution in [0.15, 0.2) is 84.9 Å². The van der Waals surface area contributed by atoms with E-state index < -0.39 is 0 Å². The van der Waals surface area contributed by atoms with Crippen LogP contribution in [0.3, 0.4) is 0 Å². The van der Waals surface area contributed by atoms with Crippen LogP contribution in [0.2, 0.25) is 0 Å². The second-order valence-electron chi connectivity index (χ2n) is 7.91. The molecular weight excluding hydrogens is 442 g/mol. The molecule has 166 valence electrons. The minimum absolute atomic E-state index is 0.164. The highest BCUT2D eigenvalue weighted by molar-refractivity contribution is 7.21. The number of hydrogen-bond donors (Lipinski definition) is 2. The highest BCUT2D eigenvalue weighted by Gasteiger charge is 2.20. The average Bonchev–Trinajstić information content (AvgIpc) is 3.18. The summed E-state index contributed by atoms with van der Waals surface area (Å²) >= 11 is 1.22. The van der Waals surface area contributed by atoms with E-state index in [-0.39, 0.29) is 11.7 Å². The van der Waals surface area contributed by atoms with Crippen molar-refractivity contribution in [1.29, 1.82) is 0 Å². The second-order valence-corrected chi connectivity index (χ2v) is 8.91. The molecule has 0 aliphatic rings. The Kier molecular flexibility index (Phi) is 5.65. The molecule has 0 unspecified atom stereocenters. The Labute approximate surface area is 200 Å². The monoisotopic (exact) mass is 463 g/mol. The highest BCUT2D eigenvalue weighted by atomic mass is 32.1. The molecule has 0 fully saturated rings. The molecule has 5 aromatic rings. The number of anilines is 2. The number of nitrogens with two attached hydrogens (primary N) is 1. The molecule has 5 nitrogen and oxygen atoms in total. The van der Waals surface area contributed by atoms with E-state index >= 15 is 0 Å². The summed E-state index contributed by atoms with van der Waals surface area (Å²) in [5, 5.41) is 5.57. The summed E-state index contributed by atoms with van der Waals surface area (Å²) in [6.45, 7) is 1.79. The predicted octanol–water partition coefficient (Wildman–Crippen LogP) is 6.49. The van der Waals surface area contributed by atoms with Crippen molar-refractivity contribution in [2.24, 2.45) is 0 Å². The van der Waals surface area contributed by atoms with Crippen LogP contribution in [0.4, 0.5) is 11.4 Å². The van der Waals surface area contributed by atoms with Crippen LogP contribution in [0.1, 0.15) is 31.3 Å². The Balaban J connectivity index is 1.46. The zero-order valence-corrected chi connectivity index (χ0v) is 19.2. The number of ketones is 1. The van der Waals surface area contributed by atoms with Gasteiger partial charge in [0.1, 0.15) is 9.71 Å². The molecule has 6 heteroatoms. The van der Waals surface area contributed by atoms with Crippen LogP contribution in [0.25, 0.3) is 27.1 Å². The number of carbonyl (C=O) groups excluding carboxylic acids is 2. The number of nitrogen functional groups attached to an aromatic ring is 1. The van der Waals surface area contributed by atoms with Gasteiger partial charge >= 0.3 is 0 Å². The fraction of sp³-hybridized carbons (Fsp3) is 0.0357. The summed E-state index contributed by atoms with van der Waals surface area (Å²) in [6, 6.07) is 25.0. The standard InChI is InChI=1S/C28H21N3O2S/c1-17-21(24(32)15-14-18-8-3-2-4-9-18)16-22-25(29)26(34-28(22)30-17)27(33)31-23-13-7-11-19-10-5-6-12-20(19)23/h2-16H,29H2,1H3,(H,31,33)/b15-14+. The van der Waals surface area contributed by atoms with Gasteiger partial charge in [0.25, 0.3) is 5.91 Å². The van der Waals surface area contributed by atoms with Crippen LogP contribution in [-0.2, 0) is 0 Å². The lowest BCUT2D eigenvalue weighted by Crippen LogP contribution is -2.12. The smallest absolute Gasteiger partial charge is 0.267 e. The van der Waals surface area contributed by atoms with Gasteiger partial charge in [0.15, 0.2) is 5.78 Å². The quantitative estimate of drug-likeness (QED) is 0.230. The predicted molar refractivity (Wildman–Crippen MR) is 140 cm³/mol. The average molecular weight is 464 g/mol. The van der Waals surface area contributed by atoms with E-state index in [1.165, 1.54) is 17.4 Å². The molecule has 34 heavy (non-hydrogen) atoms. The van der Waals surface area contributed by atoms with Crippen LogP contribution in [-0.4, -0.2) is 16.7 Å². The van der Waals surface area contributed by atoms with Gasteiger partial charge in [-0.3, -0.25) is 9.59 Å². The number of pyridine rings is 1. The van der Waals surface area contributed by atoms with Crippen molar-refractivity contribution in [2.75, 3.05) is 11.1 Å². The van der Waals surface area contributed by atoms with Crippen molar-refractivity contribution >= 4 is 61.5 Å². The van der Waals surface area contributed by atoms with Gasteiger partial charge < -0.3 is 11.1 Å². The maximum atomic E-state index is 13.1. The van der Waals surface area contributed by atoms with Crippen molar-refractivity contribution in [3.8, 4) is 0 Å². The van der Waals surface area contributed by atoms with Crippen LogP contribution in [0.5, 0.6) is 0 Å². The van der Waals surface area contributed by atoms with Gasteiger partial charge in [-0.2, -0.15) is 0 Å². The maximum Gasteiger partial charge on any atom is 0.267 e. The third-order valence-corrected chi connectivity index (χ3v) is 6.76. The van der Waals surface area contributed by atoms with Crippen LogP contribution >= 0.6 is 11.3 Å². The molecule has 3 N–H and O–H groups in total. The molecule has 2 aromatic heterocycles. The van der Waals surface area contributed by atoms with Gasteiger partial charge in [-0.25, -0.2) is 4.98 Å². The first-order valence-electron chi connectivity index (χ1n) is 10.8. The molecule has 0 aliphatic carbocycles. The normalized spacial score (nSPS) is 11.3. The minimum atomic E-state index is -0.300. The number of rotatable bonds is 5. The number of hydrogen-bond acceptors (Lipinski definition) is 5. The zero-order chi connectivity index (χ0) is 23.7. The van der Waals surface area contributed by atoms with E-state index in [0.717, 1.165) is 16.3 Å². The number of carbonyl (C=O) groups is 2. The molecule has 0 saturated carbocycles. The van der Waals surface area contributed by atoms with Gasteiger partial charge in [-0.05, 0) is 36.1 Å². The number of nitrogens with one attached hydrogen (secondary N) is 1. The number of nitrogens with zero attached hydrogens (tertiary/aromatic N) is 1. The largest absolute Gasteiger partial charge is 0.397 e. The van der Waals surface area contributed by atoms with Gasteiger partial charge in [0.2, 0.25) is 0 Å². The summed E-state index contributed by atoms with van der Waals surface area (Å²) in [7, 11) is 0. The Hall–Kier alpha value is -4.29. The number of aromatic nitrogens is 1. The summed E-state index contributed by atoms with van der Waals surface area (Å²) in [4.78, 5) is 31.6. The number of thiophene rings is 1. The molecule has 0 saturated heterocycles. The van der Waals surface area contributed by atoms with Gasteiger partial charge in [-0.15, -0.1) is 11.3 Å². The number of benzene rings is 3. The first-order valence-corrected chi connectivity index (χ1v) is 11.6.